The van der Waals surface area contributed by atoms with Crippen LogP contribution in [0.4, 0.5) is 0 Å². The van der Waals surface area contributed by atoms with E-state index in [4.69, 9.17) is 5.11 Å². The van der Waals surface area contributed by atoms with Crippen LogP contribution in [0.25, 0.3) is 0 Å². The van der Waals surface area contributed by atoms with Crippen molar-refractivity contribution < 1.29 is 23.4 Å². The number of hydrogen-bond acceptors (Lipinski definition) is 5. The van der Waals surface area contributed by atoms with Crippen molar-refractivity contribution in [3.8, 4) is 0 Å². The second-order valence-corrected chi connectivity index (χ2v) is 4.82. The standard InChI is InChI=1S/C9H12N2O5S/c1-17(15)4-2-3-10-8(12)6-5-7(9(13)14)16-11-6/h5H,2-4H2,1H3,(H,10,12)(H,13,14). The highest BCUT2D eigenvalue weighted by Crippen LogP contribution is 2.03. The topological polar surface area (TPSA) is 110 Å². The first-order chi connectivity index (χ1) is 8.00. The third kappa shape index (κ3) is 4.35. The number of amides is 1. The maximum atomic E-state index is 11.4. The largest absolute Gasteiger partial charge is 0.475 e. The molecule has 0 radical (unpaired) electrons. The molecule has 1 unspecified atom stereocenters. The highest BCUT2D eigenvalue weighted by atomic mass is 32.2. The van der Waals surface area contributed by atoms with E-state index in [0.717, 1.165) is 6.07 Å². The van der Waals surface area contributed by atoms with Crippen LogP contribution in [0.3, 0.4) is 0 Å². The molecule has 1 heterocycles. The number of aromatic carboxylic acids is 1. The van der Waals surface area contributed by atoms with E-state index in [0.29, 0.717) is 18.7 Å². The van der Waals surface area contributed by atoms with Gasteiger partial charge in [0.15, 0.2) is 5.69 Å². The van der Waals surface area contributed by atoms with Gasteiger partial charge in [0, 0.05) is 35.4 Å². The summed E-state index contributed by atoms with van der Waals surface area (Å²) < 4.78 is 15.2. The summed E-state index contributed by atoms with van der Waals surface area (Å²) >= 11 is 0. The summed E-state index contributed by atoms with van der Waals surface area (Å²) in [5.41, 5.74) is -0.0833. The van der Waals surface area contributed by atoms with Gasteiger partial charge in [-0.05, 0) is 6.42 Å². The van der Waals surface area contributed by atoms with Crippen molar-refractivity contribution in [3.05, 3.63) is 17.5 Å². The fourth-order valence-corrected chi connectivity index (χ4v) is 1.60. The van der Waals surface area contributed by atoms with E-state index in [-0.39, 0.29) is 11.5 Å². The maximum absolute atomic E-state index is 11.4. The fraction of sp³-hybridized carbons (Fsp3) is 0.444. The Morgan fingerprint density at radius 3 is 2.82 bits per heavy atom. The molecule has 8 heteroatoms. The molecule has 1 aromatic rings. The Hall–Kier alpha value is -1.70. The molecule has 1 atom stereocenters. The Labute approximate surface area is 99.6 Å². The van der Waals surface area contributed by atoms with Crippen LogP contribution in [0.15, 0.2) is 10.6 Å². The molecule has 7 nitrogen and oxygen atoms in total. The lowest BCUT2D eigenvalue weighted by molar-refractivity contribution is 0.0651. The summed E-state index contributed by atoms with van der Waals surface area (Å²) in [6.45, 7) is 0.355. The average Bonchev–Trinajstić information content (AvgIpc) is 2.73. The zero-order chi connectivity index (χ0) is 12.8. The maximum Gasteiger partial charge on any atom is 0.374 e. The molecule has 94 valence electrons. The summed E-state index contributed by atoms with van der Waals surface area (Å²) in [4.78, 5) is 21.9. The van der Waals surface area contributed by atoms with E-state index in [1.54, 1.807) is 6.26 Å². The molecule has 0 aliphatic heterocycles. The molecule has 0 bridgehead atoms. The number of aromatic nitrogens is 1. The number of carboxylic acid groups (broad SMARTS) is 1. The summed E-state index contributed by atoms with van der Waals surface area (Å²) in [6, 6.07) is 1.05. The van der Waals surface area contributed by atoms with Crippen molar-refractivity contribution in [1.29, 1.82) is 0 Å². The molecule has 2 N–H and O–H groups in total. The third-order valence-corrected chi connectivity index (χ3v) is 2.71. The van der Waals surface area contributed by atoms with Crippen LogP contribution in [0.5, 0.6) is 0 Å². The zero-order valence-corrected chi connectivity index (χ0v) is 9.95. The molecule has 1 amide bonds. The summed E-state index contributed by atoms with van der Waals surface area (Å²) in [5.74, 6) is -1.68. The minimum absolute atomic E-state index is 0.0833. The van der Waals surface area contributed by atoms with Gasteiger partial charge in [-0.1, -0.05) is 5.16 Å². The van der Waals surface area contributed by atoms with Gasteiger partial charge in [-0.3, -0.25) is 9.00 Å². The Balaban J connectivity index is 2.41. The van der Waals surface area contributed by atoms with Gasteiger partial charge < -0.3 is 14.9 Å². The SMILES string of the molecule is CS(=O)CCCNC(=O)c1cc(C(=O)O)on1. The van der Waals surface area contributed by atoms with Crippen LogP contribution < -0.4 is 5.32 Å². The van der Waals surface area contributed by atoms with E-state index in [9.17, 15) is 13.8 Å². The lowest BCUT2D eigenvalue weighted by Crippen LogP contribution is -2.25. The number of carboxylic acids is 1. The highest BCUT2D eigenvalue weighted by Gasteiger charge is 2.15. The lowest BCUT2D eigenvalue weighted by atomic mass is 10.3. The minimum atomic E-state index is -1.28. The molecular weight excluding hydrogens is 248 g/mol. The highest BCUT2D eigenvalue weighted by molar-refractivity contribution is 7.84. The van der Waals surface area contributed by atoms with Crippen molar-refractivity contribution >= 4 is 22.7 Å². The van der Waals surface area contributed by atoms with E-state index in [2.05, 4.69) is 15.0 Å². The second kappa shape index (κ2) is 6.14. The summed E-state index contributed by atoms with van der Waals surface area (Å²) in [7, 11) is -0.890. The molecule has 1 rings (SSSR count). The molecular formula is C9H12N2O5S. The Bertz CT molecular complexity index is 442. The van der Waals surface area contributed by atoms with Crippen molar-refractivity contribution in [2.24, 2.45) is 0 Å². The molecule has 0 saturated heterocycles. The normalized spacial score (nSPS) is 12.1. The van der Waals surface area contributed by atoms with Gasteiger partial charge in [-0.15, -0.1) is 0 Å². The van der Waals surface area contributed by atoms with Crippen LogP contribution in [-0.4, -0.2) is 44.9 Å². The second-order valence-electron chi connectivity index (χ2n) is 3.27. The van der Waals surface area contributed by atoms with Crippen LogP contribution in [0.1, 0.15) is 27.5 Å². The van der Waals surface area contributed by atoms with E-state index in [1.807, 2.05) is 0 Å². The van der Waals surface area contributed by atoms with Gasteiger partial charge >= 0.3 is 5.97 Å². The Morgan fingerprint density at radius 1 is 1.59 bits per heavy atom. The first-order valence-corrected chi connectivity index (χ1v) is 6.51. The molecule has 0 saturated carbocycles. The molecule has 0 spiro atoms. The van der Waals surface area contributed by atoms with Gasteiger partial charge in [0.25, 0.3) is 5.91 Å². The number of hydrogen-bond donors (Lipinski definition) is 2. The predicted octanol–water partition coefficient (Wildman–Crippen LogP) is -0.129. The molecule has 1 aromatic heterocycles. The van der Waals surface area contributed by atoms with Crippen molar-refractivity contribution in [2.75, 3.05) is 18.6 Å². The first kappa shape index (κ1) is 13.4. The number of carbonyl (C=O) groups excluding carboxylic acids is 1. The fourth-order valence-electron chi connectivity index (χ4n) is 1.05. The number of carbonyl (C=O) groups is 2. The summed E-state index contributed by atoms with van der Waals surface area (Å²) in [6.07, 6.45) is 2.16. The first-order valence-electron chi connectivity index (χ1n) is 4.79. The monoisotopic (exact) mass is 260 g/mol. The predicted molar refractivity (Wildman–Crippen MR) is 59.3 cm³/mol. The zero-order valence-electron chi connectivity index (χ0n) is 9.13. The van der Waals surface area contributed by atoms with Crippen LogP contribution in [0, 0.1) is 0 Å². The molecule has 0 aromatic carbocycles. The average molecular weight is 260 g/mol. The number of rotatable bonds is 6. The molecule has 0 aliphatic rings. The molecule has 0 fully saturated rings. The van der Waals surface area contributed by atoms with E-state index >= 15 is 0 Å². The van der Waals surface area contributed by atoms with Gasteiger partial charge in [-0.25, -0.2) is 4.79 Å². The van der Waals surface area contributed by atoms with Crippen LogP contribution in [-0.2, 0) is 10.8 Å². The minimum Gasteiger partial charge on any atom is -0.475 e. The Morgan fingerprint density at radius 2 is 2.29 bits per heavy atom. The molecule has 17 heavy (non-hydrogen) atoms. The third-order valence-electron chi connectivity index (χ3n) is 1.85. The van der Waals surface area contributed by atoms with Gasteiger partial charge in [-0.2, -0.15) is 0 Å². The van der Waals surface area contributed by atoms with Gasteiger partial charge in [0.05, 0.1) is 0 Å². The van der Waals surface area contributed by atoms with Crippen molar-refractivity contribution in [3.63, 3.8) is 0 Å². The van der Waals surface area contributed by atoms with Crippen LogP contribution in [0.2, 0.25) is 0 Å². The van der Waals surface area contributed by atoms with Crippen molar-refractivity contribution in [1.82, 2.24) is 10.5 Å². The van der Waals surface area contributed by atoms with E-state index < -0.39 is 22.7 Å². The lowest BCUT2D eigenvalue weighted by Gasteiger charge is -2.00. The Kier molecular flexibility index (Phi) is 4.83. The van der Waals surface area contributed by atoms with E-state index in [1.165, 1.54) is 0 Å². The van der Waals surface area contributed by atoms with Gasteiger partial charge in [0.1, 0.15) is 0 Å². The van der Waals surface area contributed by atoms with Gasteiger partial charge in [0.2, 0.25) is 5.76 Å². The van der Waals surface area contributed by atoms with Crippen LogP contribution >= 0.6 is 0 Å². The molecule has 0 aliphatic carbocycles. The quantitative estimate of drug-likeness (QED) is 0.689. The summed E-state index contributed by atoms with van der Waals surface area (Å²) in [5, 5.41) is 14.4. The smallest absolute Gasteiger partial charge is 0.374 e. The number of nitrogens with zero attached hydrogens (tertiary/aromatic N) is 1. The van der Waals surface area contributed by atoms with Crippen molar-refractivity contribution in [2.45, 2.75) is 6.42 Å². The number of nitrogens with one attached hydrogen (secondary N) is 1.